The van der Waals surface area contributed by atoms with Crippen molar-refractivity contribution in [2.24, 2.45) is 0 Å². The lowest BCUT2D eigenvalue weighted by Gasteiger charge is -2.32. The molecule has 6 nitrogen and oxygen atoms in total. The van der Waals surface area contributed by atoms with Crippen molar-refractivity contribution < 1.29 is 9.53 Å². The van der Waals surface area contributed by atoms with Gasteiger partial charge in [0.15, 0.2) is 0 Å². The second-order valence-corrected chi connectivity index (χ2v) is 5.88. The van der Waals surface area contributed by atoms with Crippen molar-refractivity contribution in [1.82, 2.24) is 19.4 Å². The Morgan fingerprint density at radius 2 is 2.30 bits per heavy atom. The van der Waals surface area contributed by atoms with Crippen LogP contribution in [0.3, 0.4) is 0 Å². The number of ether oxygens (including phenoxy) is 1. The Morgan fingerprint density at radius 3 is 3.04 bits per heavy atom. The Labute approximate surface area is 136 Å². The monoisotopic (exact) mass is 314 g/mol. The normalized spacial score (nSPS) is 18.2. The van der Waals surface area contributed by atoms with Crippen molar-refractivity contribution >= 4 is 5.91 Å². The van der Waals surface area contributed by atoms with Gasteiger partial charge < -0.3 is 9.64 Å². The molecule has 1 aliphatic rings. The third-order valence-electron chi connectivity index (χ3n) is 4.29. The number of piperidine rings is 1. The lowest BCUT2D eigenvalue weighted by molar-refractivity contribution is -0.136. The van der Waals surface area contributed by atoms with Crippen molar-refractivity contribution in [3.05, 3.63) is 42.1 Å². The van der Waals surface area contributed by atoms with Gasteiger partial charge in [-0.1, -0.05) is 6.07 Å². The van der Waals surface area contributed by atoms with Gasteiger partial charge in [0.05, 0.1) is 0 Å². The number of aryl methyl sites for hydroxylation is 1. The summed E-state index contributed by atoms with van der Waals surface area (Å²) in [5.41, 5.74) is 1.03. The molecule has 1 unspecified atom stereocenters. The second-order valence-electron chi connectivity index (χ2n) is 5.88. The largest absolute Gasteiger partial charge is 0.375 e. The van der Waals surface area contributed by atoms with Gasteiger partial charge in [0.2, 0.25) is 5.91 Å². The smallest absolute Gasteiger partial charge is 0.248 e. The molecule has 0 radical (unpaired) electrons. The minimum atomic E-state index is 0.0545. The van der Waals surface area contributed by atoms with Crippen LogP contribution in [0.25, 0.3) is 5.82 Å². The number of amides is 1. The molecule has 0 aliphatic carbocycles. The summed E-state index contributed by atoms with van der Waals surface area (Å²) < 4.78 is 6.93. The quantitative estimate of drug-likeness (QED) is 0.865. The van der Waals surface area contributed by atoms with Crippen molar-refractivity contribution in [3.63, 3.8) is 0 Å². The van der Waals surface area contributed by atoms with E-state index in [-0.39, 0.29) is 18.4 Å². The number of aromatic nitrogens is 3. The van der Waals surface area contributed by atoms with Crippen LogP contribution < -0.4 is 0 Å². The van der Waals surface area contributed by atoms with Crippen LogP contribution in [0.15, 0.2) is 30.6 Å². The van der Waals surface area contributed by atoms with Crippen LogP contribution in [0.2, 0.25) is 0 Å². The first-order chi connectivity index (χ1) is 11.2. The van der Waals surface area contributed by atoms with E-state index in [4.69, 9.17) is 9.72 Å². The van der Waals surface area contributed by atoms with Gasteiger partial charge >= 0.3 is 0 Å². The maximum atomic E-state index is 12.0. The molecule has 0 saturated carbocycles. The first kappa shape index (κ1) is 15.7. The molecule has 2 aromatic rings. The fourth-order valence-electron chi connectivity index (χ4n) is 3.08. The van der Waals surface area contributed by atoms with Crippen molar-refractivity contribution in [2.45, 2.75) is 25.7 Å². The maximum Gasteiger partial charge on any atom is 0.248 e. The van der Waals surface area contributed by atoms with E-state index < -0.39 is 0 Å². The summed E-state index contributed by atoms with van der Waals surface area (Å²) in [7, 11) is 1.55. The third-order valence-corrected chi connectivity index (χ3v) is 4.29. The molecular weight excluding hydrogens is 292 g/mol. The van der Waals surface area contributed by atoms with Gasteiger partial charge in [-0.2, -0.15) is 0 Å². The average molecular weight is 314 g/mol. The van der Waals surface area contributed by atoms with Gasteiger partial charge in [-0.3, -0.25) is 9.36 Å². The Bertz CT molecular complexity index is 683. The van der Waals surface area contributed by atoms with Gasteiger partial charge in [0.1, 0.15) is 18.2 Å². The minimum Gasteiger partial charge on any atom is -0.375 e. The Balaban J connectivity index is 1.79. The molecule has 1 fully saturated rings. The van der Waals surface area contributed by atoms with Crippen LogP contribution in [-0.2, 0) is 9.53 Å². The number of methoxy groups -OCH3 is 1. The summed E-state index contributed by atoms with van der Waals surface area (Å²) in [5.74, 6) is 2.11. The van der Waals surface area contributed by atoms with E-state index in [2.05, 4.69) is 4.98 Å². The van der Waals surface area contributed by atoms with Crippen molar-refractivity contribution in [2.75, 3.05) is 26.8 Å². The SMILES string of the molecule is COCC(=O)N1CCCC(c2cccc(-n3ccnc3C)n2)C1. The standard InChI is InChI=1S/C17H22N4O2/c1-13-18-8-10-21(13)16-7-3-6-15(19-16)14-5-4-9-20(11-14)17(22)12-23-2/h3,6-8,10,14H,4-5,9,11-12H2,1-2H3. The summed E-state index contributed by atoms with van der Waals surface area (Å²) in [5, 5.41) is 0. The summed E-state index contributed by atoms with van der Waals surface area (Å²) >= 11 is 0. The highest BCUT2D eigenvalue weighted by atomic mass is 16.5. The number of hydrogen-bond acceptors (Lipinski definition) is 4. The highest BCUT2D eigenvalue weighted by molar-refractivity contribution is 5.77. The van der Waals surface area contributed by atoms with E-state index >= 15 is 0 Å². The predicted octanol–water partition coefficient (Wildman–Crippen LogP) is 1.93. The van der Waals surface area contributed by atoms with Gasteiger partial charge in [0.25, 0.3) is 0 Å². The lowest BCUT2D eigenvalue weighted by atomic mass is 9.94. The van der Waals surface area contributed by atoms with E-state index in [0.29, 0.717) is 6.54 Å². The number of rotatable bonds is 4. The van der Waals surface area contributed by atoms with Crippen LogP contribution in [0.4, 0.5) is 0 Å². The van der Waals surface area contributed by atoms with Gasteiger partial charge in [0, 0.05) is 44.2 Å². The molecule has 1 amide bonds. The summed E-state index contributed by atoms with van der Waals surface area (Å²) in [6.45, 7) is 3.62. The summed E-state index contributed by atoms with van der Waals surface area (Å²) in [6, 6.07) is 6.05. The number of carbonyl (C=O) groups is 1. The molecule has 0 aromatic carbocycles. The van der Waals surface area contributed by atoms with Crippen molar-refractivity contribution in [1.29, 1.82) is 0 Å². The second kappa shape index (κ2) is 6.91. The zero-order chi connectivity index (χ0) is 16.2. The Kier molecular flexibility index (Phi) is 4.71. The molecule has 0 N–H and O–H groups in total. The fourth-order valence-corrected chi connectivity index (χ4v) is 3.08. The number of carbonyl (C=O) groups excluding carboxylic acids is 1. The molecule has 23 heavy (non-hydrogen) atoms. The molecule has 1 saturated heterocycles. The molecule has 6 heteroatoms. The average Bonchev–Trinajstić information content (AvgIpc) is 3.01. The maximum absolute atomic E-state index is 12.0. The number of pyridine rings is 1. The van der Waals surface area contributed by atoms with E-state index in [1.165, 1.54) is 0 Å². The lowest BCUT2D eigenvalue weighted by Crippen LogP contribution is -2.41. The molecule has 3 rings (SSSR count). The van der Waals surface area contributed by atoms with Gasteiger partial charge in [-0.05, 0) is 31.9 Å². The van der Waals surface area contributed by atoms with Gasteiger partial charge in [-0.15, -0.1) is 0 Å². The topological polar surface area (TPSA) is 60.2 Å². The zero-order valence-corrected chi connectivity index (χ0v) is 13.6. The molecule has 3 heterocycles. The van der Waals surface area contributed by atoms with Crippen LogP contribution in [-0.4, -0.2) is 52.1 Å². The van der Waals surface area contributed by atoms with E-state index in [0.717, 1.165) is 36.7 Å². The summed E-state index contributed by atoms with van der Waals surface area (Å²) in [4.78, 5) is 23.0. The van der Waals surface area contributed by atoms with Crippen LogP contribution >= 0.6 is 0 Å². The molecule has 1 aliphatic heterocycles. The Hall–Kier alpha value is -2.21. The molecule has 0 bridgehead atoms. The molecule has 122 valence electrons. The molecule has 0 spiro atoms. The number of hydrogen-bond donors (Lipinski definition) is 0. The Morgan fingerprint density at radius 1 is 1.43 bits per heavy atom. The minimum absolute atomic E-state index is 0.0545. The van der Waals surface area contributed by atoms with Crippen LogP contribution in [0.5, 0.6) is 0 Å². The van der Waals surface area contributed by atoms with Crippen LogP contribution in [0.1, 0.15) is 30.3 Å². The van der Waals surface area contributed by atoms with E-state index in [1.807, 2.05) is 40.8 Å². The van der Waals surface area contributed by atoms with Crippen molar-refractivity contribution in [3.8, 4) is 5.82 Å². The molecule has 2 aromatic heterocycles. The number of nitrogens with zero attached hydrogens (tertiary/aromatic N) is 4. The predicted molar refractivity (Wildman–Crippen MR) is 86.5 cm³/mol. The summed E-state index contributed by atoms with van der Waals surface area (Å²) in [6.07, 6.45) is 5.73. The fraction of sp³-hybridized carbons (Fsp3) is 0.471. The first-order valence-electron chi connectivity index (χ1n) is 7.93. The van der Waals surface area contributed by atoms with Gasteiger partial charge in [-0.25, -0.2) is 9.97 Å². The molecular formula is C17H22N4O2. The van der Waals surface area contributed by atoms with E-state index in [9.17, 15) is 4.79 Å². The van der Waals surface area contributed by atoms with E-state index in [1.54, 1.807) is 13.3 Å². The highest BCUT2D eigenvalue weighted by Crippen LogP contribution is 2.26. The third kappa shape index (κ3) is 3.42. The van der Waals surface area contributed by atoms with Crippen LogP contribution in [0, 0.1) is 6.92 Å². The number of imidazole rings is 1. The first-order valence-corrected chi connectivity index (χ1v) is 7.93. The zero-order valence-electron chi connectivity index (χ0n) is 13.6. The highest BCUT2D eigenvalue weighted by Gasteiger charge is 2.25. The molecule has 1 atom stereocenters. The number of likely N-dealkylation sites (tertiary alicyclic amines) is 1.